The lowest BCUT2D eigenvalue weighted by Gasteiger charge is -2.49. The molecule has 59 heavy (non-hydrogen) atoms. The predicted molar refractivity (Wildman–Crippen MR) is 211 cm³/mol. The van der Waals surface area contributed by atoms with Crippen molar-refractivity contribution < 1.29 is 37.9 Å². The highest BCUT2D eigenvalue weighted by atomic mass is 19.1. The van der Waals surface area contributed by atoms with Crippen LogP contribution in [0.1, 0.15) is 99.4 Å². The molecule has 0 bridgehead atoms. The first-order valence-corrected chi connectivity index (χ1v) is 20.0. The van der Waals surface area contributed by atoms with Crippen molar-refractivity contribution >= 4 is 52.5 Å². The van der Waals surface area contributed by atoms with Crippen molar-refractivity contribution in [2.45, 2.75) is 88.8 Å². The number of imide groups is 2. The summed E-state index contributed by atoms with van der Waals surface area (Å²) < 4.78 is 23.8. The Morgan fingerprint density at radius 2 is 1.76 bits per heavy atom. The van der Waals surface area contributed by atoms with Gasteiger partial charge in [0.15, 0.2) is 11.3 Å². The topological polar surface area (TPSA) is 179 Å². The van der Waals surface area contributed by atoms with Crippen LogP contribution >= 0.6 is 0 Å². The van der Waals surface area contributed by atoms with Crippen LogP contribution in [0.4, 0.5) is 15.8 Å². The molecule has 3 fully saturated rings. The van der Waals surface area contributed by atoms with Crippen LogP contribution in [0.3, 0.4) is 0 Å². The Morgan fingerprint density at radius 3 is 2.51 bits per heavy atom. The molecule has 1 atom stereocenters. The van der Waals surface area contributed by atoms with Crippen molar-refractivity contribution in [1.82, 2.24) is 34.6 Å². The first-order valence-electron chi connectivity index (χ1n) is 20.0. The number of hydrogen-bond donors (Lipinski definition) is 2. The average molecular weight is 806 g/mol. The quantitative estimate of drug-likeness (QED) is 0.224. The van der Waals surface area contributed by atoms with Gasteiger partial charge in [0, 0.05) is 55.2 Å². The largest absolute Gasteiger partial charge is 0.489 e. The van der Waals surface area contributed by atoms with Gasteiger partial charge >= 0.3 is 0 Å². The van der Waals surface area contributed by atoms with Crippen LogP contribution < -0.4 is 20.3 Å². The van der Waals surface area contributed by atoms with Gasteiger partial charge in [-0.3, -0.25) is 39.0 Å². The number of benzene rings is 2. The van der Waals surface area contributed by atoms with E-state index in [1.165, 1.54) is 10.7 Å². The van der Waals surface area contributed by atoms with E-state index in [-0.39, 0.29) is 67.7 Å². The third kappa shape index (κ3) is 6.86. The fraction of sp³-hybridized carbons (Fsp3) is 0.429. The number of nitrogens with one attached hydrogen (secondary N) is 2. The van der Waals surface area contributed by atoms with Crippen LogP contribution in [-0.2, 0) is 16.1 Å². The molecule has 6 heterocycles. The average Bonchev–Trinajstić information content (AvgIpc) is 3.85. The summed E-state index contributed by atoms with van der Waals surface area (Å²) in [5, 5.41) is 9.38. The van der Waals surface area contributed by atoms with E-state index in [9.17, 15) is 28.8 Å². The fourth-order valence-corrected chi connectivity index (χ4v) is 9.25. The first-order chi connectivity index (χ1) is 28.3. The molecule has 306 valence electrons. The second-order valence-corrected chi connectivity index (χ2v) is 16.6. The highest BCUT2D eigenvalue weighted by molar-refractivity contribution is 6.23. The molecule has 16 nitrogen and oxygen atoms in total. The summed E-state index contributed by atoms with van der Waals surface area (Å²) in [5.74, 6) is -2.34. The Balaban J connectivity index is 0.798. The zero-order valence-electron chi connectivity index (χ0n) is 32.9. The molecule has 2 aromatic heterocycles. The van der Waals surface area contributed by atoms with Gasteiger partial charge in [-0.2, -0.15) is 5.10 Å². The van der Waals surface area contributed by atoms with Crippen LogP contribution in [0, 0.1) is 0 Å². The lowest BCUT2D eigenvalue weighted by Crippen LogP contribution is -2.64. The number of aromatic nitrogens is 3. The molecule has 1 saturated carbocycles. The molecule has 17 heteroatoms. The van der Waals surface area contributed by atoms with Gasteiger partial charge in [-0.1, -0.05) is 0 Å². The highest BCUT2D eigenvalue weighted by Gasteiger charge is 2.48. The predicted octanol–water partition coefficient (Wildman–Crippen LogP) is 3.60. The van der Waals surface area contributed by atoms with Crippen LogP contribution in [0.2, 0.25) is 0 Å². The number of hydrogen-bond acceptors (Lipinski definition) is 11. The van der Waals surface area contributed by atoms with Crippen LogP contribution in [0.25, 0.3) is 5.65 Å². The van der Waals surface area contributed by atoms with Gasteiger partial charge < -0.3 is 24.8 Å². The third-order valence-electron chi connectivity index (χ3n) is 12.2. The van der Waals surface area contributed by atoms with Crippen LogP contribution in [0.5, 0.6) is 5.75 Å². The minimum atomic E-state index is -1.49. The van der Waals surface area contributed by atoms with Crippen molar-refractivity contribution in [3.05, 3.63) is 82.8 Å². The fourth-order valence-electron chi connectivity index (χ4n) is 9.25. The molecule has 1 unspecified atom stereocenters. The molecular weight excluding hydrogens is 762 g/mol. The number of rotatable bonds is 10. The maximum Gasteiger partial charge on any atom is 0.262 e. The summed E-state index contributed by atoms with van der Waals surface area (Å²) in [7, 11) is 1.93. The van der Waals surface area contributed by atoms with Gasteiger partial charge in [-0.25, -0.2) is 13.9 Å². The van der Waals surface area contributed by atoms with Crippen molar-refractivity contribution in [2.75, 3.05) is 36.9 Å². The number of piperidine rings is 1. The monoisotopic (exact) mass is 805 g/mol. The zero-order chi connectivity index (χ0) is 41.3. The summed E-state index contributed by atoms with van der Waals surface area (Å²) in [4.78, 5) is 88.7. The van der Waals surface area contributed by atoms with Gasteiger partial charge in [0.25, 0.3) is 23.6 Å². The van der Waals surface area contributed by atoms with E-state index in [2.05, 4.69) is 25.6 Å². The number of halogens is 1. The number of carbonyl (C=O) groups excluding carboxylic acids is 6. The maximum absolute atomic E-state index is 16.2. The third-order valence-corrected chi connectivity index (χ3v) is 12.2. The summed E-state index contributed by atoms with van der Waals surface area (Å²) in [6, 6.07) is 9.18. The molecule has 9 rings (SSSR count). The van der Waals surface area contributed by atoms with E-state index in [0.717, 1.165) is 36.1 Å². The van der Waals surface area contributed by atoms with Crippen LogP contribution in [-0.4, -0.2) is 121 Å². The number of alkyl halides is 1. The van der Waals surface area contributed by atoms with E-state index in [1.807, 2.05) is 36.8 Å². The maximum atomic E-state index is 16.2. The van der Waals surface area contributed by atoms with Crippen molar-refractivity contribution in [1.29, 1.82) is 0 Å². The molecule has 2 aromatic carbocycles. The molecule has 2 N–H and O–H groups in total. The van der Waals surface area contributed by atoms with Crippen molar-refractivity contribution in [3.63, 3.8) is 0 Å². The van der Waals surface area contributed by atoms with E-state index < -0.39 is 41.2 Å². The van der Waals surface area contributed by atoms with Crippen LogP contribution in [0.15, 0.2) is 55.0 Å². The molecular formula is C42H44FN9O7. The lowest BCUT2D eigenvalue weighted by atomic mass is 9.87. The van der Waals surface area contributed by atoms with Gasteiger partial charge in [0.05, 0.1) is 42.2 Å². The SMILES string of the molecule is CC(C)Oc1cc2c(cc1NC(=O)c1cnn3cccnc13)CN([C@H]1CC[C@H](N(C)CC3(F)CN(c4ccc5c(c4)C(=O)N(C4CCC(=O)NC4=O)C5=O)C3)CC1)C2=O. The van der Waals surface area contributed by atoms with Gasteiger partial charge in [-0.05, 0) is 95.0 Å². The molecule has 5 aliphatic rings. The summed E-state index contributed by atoms with van der Waals surface area (Å²) >= 11 is 0. The number of anilines is 2. The molecule has 1 aliphatic carbocycles. The standard InChI is InChI=1S/C42H44FN9O7/c1-23(2)59-34-17-29-24(15-32(34)46-37(54)31-18-45-51-14-4-13-44-36(31)51)19-50(39(29)56)26-7-5-25(6-8-26)48(3)20-42(43)21-49(22-42)27-9-10-28-30(16-27)41(58)52(40(28)57)33-11-12-35(53)47-38(33)55/h4,9-10,13-18,23,25-26,33H,5-8,11-12,19-22H2,1-3H3,(H,46,54)(H,47,53,55)/t25-,26-,33?. The Kier molecular flexibility index (Phi) is 9.44. The van der Waals surface area contributed by atoms with Gasteiger partial charge in [0.1, 0.15) is 17.4 Å². The van der Waals surface area contributed by atoms with Gasteiger partial charge in [0.2, 0.25) is 11.8 Å². The van der Waals surface area contributed by atoms with E-state index in [0.29, 0.717) is 40.4 Å². The molecule has 2 saturated heterocycles. The first kappa shape index (κ1) is 38.3. The van der Waals surface area contributed by atoms with Gasteiger partial charge in [-0.15, -0.1) is 0 Å². The second kappa shape index (κ2) is 14.5. The van der Waals surface area contributed by atoms with Crippen molar-refractivity contribution in [2.24, 2.45) is 0 Å². The van der Waals surface area contributed by atoms with E-state index in [1.54, 1.807) is 42.7 Å². The van der Waals surface area contributed by atoms with E-state index in [4.69, 9.17) is 4.74 Å². The number of ether oxygens (including phenoxy) is 1. The Labute approximate surface area is 338 Å². The number of amides is 6. The molecule has 4 aliphatic heterocycles. The number of fused-ring (bicyclic) bond motifs is 3. The zero-order valence-corrected chi connectivity index (χ0v) is 32.9. The molecule has 0 radical (unpaired) electrons. The Bertz CT molecular complexity index is 2440. The minimum Gasteiger partial charge on any atom is -0.489 e. The molecule has 4 aromatic rings. The Morgan fingerprint density at radius 1 is 1.00 bits per heavy atom. The van der Waals surface area contributed by atoms with Crippen molar-refractivity contribution in [3.8, 4) is 5.75 Å². The highest BCUT2D eigenvalue weighted by Crippen LogP contribution is 2.40. The summed E-state index contributed by atoms with van der Waals surface area (Å²) in [5.41, 5.74) is 2.03. The number of nitrogens with zero attached hydrogens (tertiary/aromatic N) is 7. The molecule has 0 spiro atoms. The number of carbonyl (C=O) groups is 6. The summed E-state index contributed by atoms with van der Waals surface area (Å²) in [6.07, 6.45) is 7.79. The second-order valence-electron chi connectivity index (χ2n) is 16.6. The lowest BCUT2D eigenvalue weighted by molar-refractivity contribution is -0.136. The normalized spacial score (nSPS) is 22.6. The minimum absolute atomic E-state index is 0.00996. The Hall–Kier alpha value is -6.23. The summed E-state index contributed by atoms with van der Waals surface area (Å²) in [6.45, 7) is 4.62. The van der Waals surface area contributed by atoms with E-state index >= 15 is 4.39 Å². The smallest absolute Gasteiger partial charge is 0.262 e. The molecule has 6 amide bonds.